The van der Waals surface area contributed by atoms with Crippen LogP contribution in [0.3, 0.4) is 0 Å². The molecule has 2 heterocycles. The Balaban J connectivity index is 2.25. The predicted molar refractivity (Wildman–Crippen MR) is 71.0 cm³/mol. The Bertz CT molecular complexity index is 519. The lowest BCUT2D eigenvalue weighted by Crippen LogP contribution is -2.43. The topological polar surface area (TPSA) is 90.4 Å². The molecular weight excluding hydrogens is 268 g/mol. The van der Waals surface area contributed by atoms with Crippen LogP contribution < -0.4 is 5.73 Å². The summed E-state index contributed by atoms with van der Waals surface area (Å²) >= 11 is 0. The fourth-order valence-corrected chi connectivity index (χ4v) is 4.07. The van der Waals surface area contributed by atoms with Crippen molar-refractivity contribution in [1.29, 1.82) is 0 Å². The molecule has 7 nitrogen and oxygen atoms in total. The minimum absolute atomic E-state index is 0.0389. The molecule has 1 saturated heterocycles. The van der Waals surface area contributed by atoms with Crippen LogP contribution >= 0.6 is 0 Å². The molecule has 1 aliphatic rings. The summed E-state index contributed by atoms with van der Waals surface area (Å²) in [6.45, 7) is 3.37. The van der Waals surface area contributed by atoms with Crippen LogP contribution in [-0.2, 0) is 21.8 Å². The highest BCUT2D eigenvalue weighted by Crippen LogP contribution is 2.24. The quantitative estimate of drug-likeness (QED) is 0.854. The Morgan fingerprint density at radius 2 is 2.32 bits per heavy atom. The third-order valence-corrected chi connectivity index (χ3v) is 5.23. The van der Waals surface area contributed by atoms with Crippen molar-refractivity contribution < 1.29 is 13.2 Å². The zero-order valence-electron chi connectivity index (χ0n) is 11.2. The summed E-state index contributed by atoms with van der Waals surface area (Å²) in [5.74, 6) is 0.0426. The summed E-state index contributed by atoms with van der Waals surface area (Å²) < 4.78 is 33.5. The highest BCUT2D eigenvalue weighted by molar-refractivity contribution is 7.89. The number of nitrogen functional groups attached to an aromatic ring is 1. The summed E-state index contributed by atoms with van der Waals surface area (Å²) in [5, 5.41) is 0.0599. The maximum absolute atomic E-state index is 12.6. The molecule has 1 aromatic heterocycles. The number of aromatic nitrogens is 2. The van der Waals surface area contributed by atoms with E-state index in [0.717, 1.165) is 12.8 Å². The zero-order chi connectivity index (χ0) is 14.0. The Morgan fingerprint density at radius 3 is 2.89 bits per heavy atom. The molecule has 19 heavy (non-hydrogen) atoms. The van der Waals surface area contributed by atoms with Gasteiger partial charge in [-0.25, -0.2) is 13.4 Å². The van der Waals surface area contributed by atoms with Crippen LogP contribution in [0.1, 0.15) is 19.8 Å². The summed E-state index contributed by atoms with van der Waals surface area (Å²) in [7, 11) is -1.98. The molecule has 8 heteroatoms. The van der Waals surface area contributed by atoms with Gasteiger partial charge in [-0.05, 0) is 19.8 Å². The standard InChI is InChI=1S/C11H20N4O3S/c1-3-18-9-5-4-6-15(7-9)19(16,17)11-10(12)13-8-14(11)2/h8-9H,3-7,12H2,1-2H3. The van der Waals surface area contributed by atoms with E-state index in [9.17, 15) is 8.42 Å². The number of hydrogen-bond acceptors (Lipinski definition) is 5. The molecule has 0 aromatic carbocycles. The highest BCUT2D eigenvalue weighted by Gasteiger charge is 2.33. The predicted octanol–water partition coefficient (Wildman–Crippen LogP) is 0.192. The first-order chi connectivity index (χ1) is 8.96. The lowest BCUT2D eigenvalue weighted by atomic mass is 10.1. The van der Waals surface area contributed by atoms with Crippen molar-refractivity contribution in [2.24, 2.45) is 7.05 Å². The molecule has 1 fully saturated rings. The van der Waals surface area contributed by atoms with Gasteiger partial charge < -0.3 is 15.0 Å². The molecule has 0 saturated carbocycles. The van der Waals surface area contributed by atoms with Gasteiger partial charge in [-0.2, -0.15) is 4.31 Å². The van der Waals surface area contributed by atoms with Gasteiger partial charge in [0.2, 0.25) is 0 Å². The fraction of sp³-hybridized carbons (Fsp3) is 0.727. The van der Waals surface area contributed by atoms with Crippen LogP contribution in [0.25, 0.3) is 0 Å². The smallest absolute Gasteiger partial charge is 0.262 e. The van der Waals surface area contributed by atoms with Crippen LogP contribution in [0.2, 0.25) is 0 Å². The molecule has 0 amide bonds. The van der Waals surface area contributed by atoms with E-state index in [-0.39, 0.29) is 16.9 Å². The van der Waals surface area contributed by atoms with E-state index in [2.05, 4.69) is 4.98 Å². The molecule has 108 valence electrons. The van der Waals surface area contributed by atoms with Crippen LogP contribution in [0.5, 0.6) is 0 Å². The second-order valence-electron chi connectivity index (χ2n) is 4.63. The van der Waals surface area contributed by atoms with Crippen molar-refractivity contribution in [3.8, 4) is 0 Å². The average Bonchev–Trinajstić information content (AvgIpc) is 2.70. The summed E-state index contributed by atoms with van der Waals surface area (Å²) in [6.07, 6.45) is 3.05. The average molecular weight is 288 g/mol. The molecular formula is C11H20N4O3S. The number of nitrogens with zero attached hydrogens (tertiary/aromatic N) is 3. The Labute approximate surface area is 113 Å². The van der Waals surface area contributed by atoms with E-state index in [1.165, 1.54) is 15.2 Å². The molecule has 0 bridgehead atoms. The van der Waals surface area contributed by atoms with Gasteiger partial charge in [0.15, 0.2) is 10.8 Å². The number of anilines is 1. The van der Waals surface area contributed by atoms with Crippen molar-refractivity contribution >= 4 is 15.8 Å². The number of piperidine rings is 1. The first-order valence-corrected chi connectivity index (χ1v) is 7.79. The van der Waals surface area contributed by atoms with Gasteiger partial charge in [-0.15, -0.1) is 0 Å². The van der Waals surface area contributed by atoms with Crippen LogP contribution in [0.4, 0.5) is 5.82 Å². The summed E-state index contributed by atoms with van der Waals surface area (Å²) in [4.78, 5) is 3.84. The Hall–Kier alpha value is -1.12. The minimum atomic E-state index is -3.60. The van der Waals surface area contributed by atoms with E-state index in [0.29, 0.717) is 19.7 Å². The second-order valence-corrected chi connectivity index (χ2v) is 6.48. The van der Waals surface area contributed by atoms with Gasteiger partial charge >= 0.3 is 0 Å². The fourth-order valence-electron chi connectivity index (χ4n) is 2.37. The van der Waals surface area contributed by atoms with Crippen molar-refractivity contribution in [3.63, 3.8) is 0 Å². The SMILES string of the molecule is CCOC1CCCN(S(=O)(=O)c2c(N)ncn2C)C1. The Morgan fingerprint density at radius 1 is 1.58 bits per heavy atom. The highest BCUT2D eigenvalue weighted by atomic mass is 32.2. The maximum atomic E-state index is 12.6. The number of sulfonamides is 1. The van der Waals surface area contributed by atoms with Gasteiger partial charge in [0.1, 0.15) is 0 Å². The molecule has 1 unspecified atom stereocenters. The third-order valence-electron chi connectivity index (χ3n) is 3.24. The number of nitrogens with two attached hydrogens (primary N) is 1. The molecule has 0 spiro atoms. The first kappa shape index (κ1) is 14.3. The van der Waals surface area contributed by atoms with E-state index < -0.39 is 10.0 Å². The molecule has 2 rings (SSSR count). The zero-order valence-corrected chi connectivity index (χ0v) is 12.1. The molecule has 1 aromatic rings. The van der Waals surface area contributed by atoms with Crippen molar-refractivity contribution in [1.82, 2.24) is 13.9 Å². The van der Waals surface area contributed by atoms with E-state index in [1.807, 2.05) is 6.92 Å². The lowest BCUT2D eigenvalue weighted by molar-refractivity contribution is 0.0264. The van der Waals surface area contributed by atoms with Crippen LogP contribution in [-0.4, -0.2) is 48.1 Å². The number of imidazole rings is 1. The van der Waals surface area contributed by atoms with Crippen molar-refractivity contribution in [2.45, 2.75) is 30.9 Å². The van der Waals surface area contributed by atoms with Gasteiger partial charge in [0, 0.05) is 26.7 Å². The summed E-state index contributed by atoms with van der Waals surface area (Å²) in [5.41, 5.74) is 5.66. The number of aryl methyl sites for hydroxylation is 1. The normalized spacial score (nSPS) is 21.7. The number of hydrogen-bond donors (Lipinski definition) is 1. The molecule has 0 radical (unpaired) electrons. The molecule has 2 N–H and O–H groups in total. The largest absolute Gasteiger partial charge is 0.381 e. The third kappa shape index (κ3) is 2.75. The number of ether oxygens (including phenoxy) is 1. The monoisotopic (exact) mass is 288 g/mol. The van der Waals surface area contributed by atoms with Gasteiger partial charge in [0.05, 0.1) is 12.4 Å². The first-order valence-electron chi connectivity index (χ1n) is 6.35. The second kappa shape index (κ2) is 5.48. The molecule has 1 aliphatic heterocycles. The lowest BCUT2D eigenvalue weighted by Gasteiger charge is -2.31. The van der Waals surface area contributed by atoms with Crippen LogP contribution in [0.15, 0.2) is 11.4 Å². The van der Waals surface area contributed by atoms with E-state index >= 15 is 0 Å². The number of rotatable bonds is 4. The van der Waals surface area contributed by atoms with E-state index in [1.54, 1.807) is 7.05 Å². The van der Waals surface area contributed by atoms with Crippen LogP contribution in [0, 0.1) is 0 Å². The van der Waals surface area contributed by atoms with Gasteiger partial charge in [-0.1, -0.05) is 0 Å². The summed E-state index contributed by atoms with van der Waals surface area (Å²) in [6, 6.07) is 0. The van der Waals surface area contributed by atoms with Gasteiger partial charge in [0.25, 0.3) is 10.0 Å². The molecule has 1 atom stereocenters. The minimum Gasteiger partial charge on any atom is -0.381 e. The Kier molecular flexibility index (Phi) is 4.12. The maximum Gasteiger partial charge on any atom is 0.262 e. The molecule has 0 aliphatic carbocycles. The van der Waals surface area contributed by atoms with Crippen molar-refractivity contribution in [2.75, 3.05) is 25.4 Å². The van der Waals surface area contributed by atoms with Gasteiger partial charge in [-0.3, -0.25) is 0 Å². The van der Waals surface area contributed by atoms with E-state index in [4.69, 9.17) is 10.5 Å². The van der Waals surface area contributed by atoms with Crippen molar-refractivity contribution in [3.05, 3.63) is 6.33 Å².